The fraction of sp³-hybridized carbons (Fsp3) is 0.444. The van der Waals surface area contributed by atoms with Gasteiger partial charge in [-0.25, -0.2) is 4.99 Å². The van der Waals surface area contributed by atoms with E-state index in [1.165, 1.54) is 10.9 Å². The largest absolute Gasteiger partial charge is 0.361 e. The lowest BCUT2D eigenvalue weighted by molar-refractivity contribution is -0.127. The van der Waals surface area contributed by atoms with Crippen molar-refractivity contribution in [3.63, 3.8) is 0 Å². The molecule has 2 aromatic rings. The van der Waals surface area contributed by atoms with Crippen molar-refractivity contribution in [2.75, 3.05) is 45.7 Å². The van der Waals surface area contributed by atoms with Crippen LogP contribution in [-0.4, -0.2) is 67.5 Å². The van der Waals surface area contributed by atoms with Crippen LogP contribution >= 0.6 is 11.8 Å². The minimum atomic E-state index is -0.0115. The Morgan fingerprint density at radius 3 is 2.76 bits per heavy atom. The van der Waals surface area contributed by atoms with Gasteiger partial charge in [-0.05, 0) is 24.3 Å². The molecule has 2 rings (SSSR count). The van der Waals surface area contributed by atoms with Gasteiger partial charge >= 0.3 is 0 Å². The molecule has 1 aromatic heterocycles. The van der Waals surface area contributed by atoms with Crippen LogP contribution < -0.4 is 10.6 Å². The van der Waals surface area contributed by atoms with Crippen molar-refractivity contribution < 1.29 is 4.79 Å². The SMILES string of the molecule is CSCCNC(=NCC(=O)N(C)C)NCCc1c[nH]c2ccccc12. The van der Waals surface area contributed by atoms with Gasteiger partial charge in [-0.15, -0.1) is 0 Å². The van der Waals surface area contributed by atoms with Crippen LogP contribution in [-0.2, 0) is 11.2 Å². The number of hydrogen-bond acceptors (Lipinski definition) is 3. The molecule has 0 saturated carbocycles. The lowest BCUT2D eigenvalue weighted by Crippen LogP contribution is -2.40. The molecule has 136 valence electrons. The smallest absolute Gasteiger partial charge is 0.243 e. The second-order valence-electron chi connectivity index (χ2n) is 5.91. The van der Waals surface area contributed by atoms with Gasteiger partial charge in [-0.3, -0.25) is 4.79 Å². The Morgan fingerprint density at radius 1 is 1.24 bits per heavy atom. The number of hydrogen-bond donors (Lipinski definition) is 3. The average Bonchev–Trinajstić information content (AvgIpc) is 3.02. The Balaban J connectivity index is 1.91. The van der Waals surface area contributed by atoms with Crippen molar-refractivity contribution in [1.29, 1.82) is 0 Å². The number of aromatic amines is 1. The first-order valence-corrected chi connectivity index (χ1v) is 9.77. The zero-order valence-corrected chi connectivity index (χ0v) is 15.9. The maximum absolute atomic E-state index is 11.7. The summed E-state index contributed by atoms with van der Waals surface area (Å²) in [6.45, 7) is 1.72. The number of aliphatic imine (C=N–C) groups is 1. The van der Waals surface area contributed by atoms with Crippen molar-refractivity contribution in [3.8, 4) is 0 Å². The number of aromatic nitrogens is 1. The number of nitrogens with one attached hydrogen (secondary N) is 3. The number of carbonyl (C=O) groups excluding carboxylic acids is 1. The number of guanidine groups is 1. The first-order chi connectivity index (χ1) is 12.1. The highest BCUT2D eigenvalue weighted by molar-refractivity contribution is 7.98. The molecule has 1 amide bonds. The van der Waals surface area contributed by atoms with E-state index in [-0.39, 0.29) is 12.5 Å². The number of amides is 1. The summed E-state index contributed by atoms with van der Waals surface area (Å²) in [6, 6.07) is 8.29. The third-order valence-corrected chi connectivity index (χ3v) is 4.44. The third kappa shape index (κ3) is 6.01. The van der Waals surface area contributed by atoms with E-state index >= 15 is 0 Å². The van der Waals surface area contributed by atoms with Crippen molar-refractivity contribution in [2.45, 2.75) is 6.42 Å². The van der Waals surface area contributed by atoms with E-state index in [2.05, 4.69) is 51.3 Å². The van der Waals surface area contributed by atoms with Gasteiger partial charge < -0.3 is 20.5 Å². The molecule has 1 heterocycles. The molecular formula is C18H27N5OS. The summed E-state index contributed by atoms with van der Waals surface area (Å²) >= 11 is 1.77. The lowest BCUT2D eigenvalue weighted by Gasteiger charge is -2.13. The molecular weight excluding hydrogens is 334 g/mol. The van der Waals surface area contributed by atoms with Crippen LogP contribution in [0.2, 0.25) is 0 Å². The summed E-state index contributed by atoms with van der Waals surface area (Å²) in [6.07, 6.45) is 5.01. The van der Waals surface area contributed by atoms with Crippen LogP contribution in [0.5, 0.6) is 0 Å². The molecule has 0 aliphatic rings. The number of nitrogens with zero attached hydrogens (tertiary/aromatic N) is 2. The highest BCUT2D eigenvalue weighted by Crippen LogP contribution is 2.17. The van der Waals surface area contributed by atoms with Gasteiger partial charge in [0.15, 0.2) is 5.96 Å². The maximum Gasteiger partial charge on any atom is 0.243 e. The molecule has 3 N–H and O–H groups in total. The molecule has 0 spiro atoms. The van der Waals surface area contributed by atoms with Crippen molar-refractivity contribution >= 4 is 34.5 Å². The monoisotopic (exact) mass is 361 g/mol. The summed E-state index contributed by atoms with van der Waals surface area (Å²) in [5, 5.41) is 7.84. The first-order valence-electron chi connectivity index (χ1n) is 8.38. The second-order valence-corrected chi connectivity index (χ2v) is 6.89. The van der Waals surface area contributed by atoms with E-state index in [0.29, 0.717) is 5.96 Å². The van der Waals surface area contributed by atoms with E-state index in [1.807, 2.05) is 6.07 Å². The molecule has 7 heteroatoms. The fourth-order valence-electron chi connectivity index (χ4n) is 2.39. The van der Waals surface area contributed by atoms with E-state index in [1.54, 1.807) is 30.8 Å². The molecule has 0 aliphatic carbocycles. The molecule has 25 heavy (non-hydrogen) atoms. The normalized spacial score (nSPS) is 11.6. The minimum Gasteiger partial charge on any atom is -0.361 e. The topological polar surface area (TPSA) is 72.5 Å². The Hall–Kier alpha value is -2.15. The predicted octanol–water partition coefficient (Wildman–Crippen LogP) is 1.70. The molecule has 0 atom stereocenters. The maximum atomic E-state index is 11.7. The van der Waals surface area contributed by atoms with Gasteiger partial charge in [0.2, 0.25) is 5.91 Å². The summed E-state index contributed by atoms with van der Waals surface area (Å²) in [4.78, 5) is 21.0. The number of likely N-dealkylation sites (N-methyl/N-ethyl adjacent to an activating group) is 1. The number of thioether (sulfide) groups is 1. The van der Waals surface area contributed by atoms with Gasteiger partial charge in [0.1, 0.15) is 6.54 Å². The molecule has 0 fully saturated rings. The summed E-state index contributed by atoms with van der Waals surface area (Å²) in [5.41, 5.74) is 2.43. The van der Waals surface area contributed by atoms with Crippen molar-refractivity contribution in [2.24, 2.45) is 4.99 Å². The second kappa shape index (κ2) is 9.98. The number of benzene rings is 1. The Kier molecular flexibility index (Phi) is 7.66. The predicted molar refractivity (Wildman–Crippen MR) is 107 cm³/mol. The van der Waals surface area contributed by atoms with Crippen LogP contribution in [0.1, 0.15) is 5.56 Å². The van der Waals surface area contributed by atoms with E-state index in [0.717, 1.165) is 30.8 Å². The van der Waals surface area contributed by atoms with Crippen LogP contribution in [0, 0.1) is 0 Å². The fourth-order valence-corrected chi connectivity index (χ4v) is 2.69. The van der Waals surface area contributed by atoms with Crippen LogP contribution in [0.15, 0.2) is 35.5 Å². The number of rotatable bonds is 8. The van der Waals surface area contributed by atoms with Crippen LogP contribution in [0.3, 0.4) is 0 Å². The number of fused-ring (bicyclic) bond motifs is 1. The molecule has 0 bridgehead atoms. The summed E-state index contributed by atoms with van der Waals surface area (Å²) in [7, 11) is 3.48. The molecule has 1 aromatic carbocycles. The number of para-hydroxylation sites is 1. The molecule has 0 radical (unpaired) electrons. The minimum absolute atomic E-state index is 0.0115. The van der Waals surface area contributed by atoms with Gasteiger partial charge in [0, 0.05) is 50.0 Å². The molecule has 0 saturated heterocycles. The van der Waals surface area contributed by atoms with Gasteiger partial charge in [-0.2, -0.15) is 11.8 Å². The average molecular weight is 362 g/mol. The Bertz CT molecular complexity index is 710. The summed E-state index contributed by atoms with van der Waals surface area (Å²) < 4.78 is 0. The Labute approximate surface area is 153 Å². The van der Waals surface area contributed by atoms with E-state index in [9.17, 15) is 4.79 Å². The van der Waals surface area contributed by atoms with Crippen LogP contribution in [0.4, 0.5) is 0 Å². The third-order valence-electron chi connectivity index (χ3n) is 3.83. The van der Waals surface area contributed by atoms with Gasteiger partial charge in [0.05, 0.1) is 0 Å². The van der Waals surface area contributed by atoms with Crippen molar-refractivity contribution in [3.05, 3.63) is 36.0 Å². The molecule has 6 nitrogen and oxygen atoms in total. The highest BCUT2D eigenvalue weighted by Gasteiger charge is 2.06. The molecule has 0 unspecified atom stereocenters. The van der Waals surface area contributed by atoms with Crippen LogP contribution in [0.25, 0.3) is 10.9 Å². The van der Waals surface area contributed by atoms with E-state index < -0.39 is 0 Å². The number of carbonyl (C=O) groups is 1. The standard InChI is InChI=1S/C18H27N5OS/c1-23(2)17(24)13-22-18(20-10-11-25-3)19-9-8-14-12-21-16-7-5-4-6-15(14)16/h4-7,12,21H,8-11,13H2,1-3H3,(H2,19,20,22). The van der Waals surface area contributed by atoms with Crippen molar-refractivity contribution in [1.82, 2.24) is 20.5 Å². The van der Waals surface area contributed by atoms with E-state index in [4.69, 9.17) is 0 Å². The van der Waals surface area contributed by atoms with Gasteiger partial charge in [0.25, 0.3) is 0 Å². The Morgan fingerprint density at radius 2 is 2.00 bits per heavy atom. The lowest BCUT2D eigenvalue weighted by atomic mass is 10.1. The molecule has 0 aliphatic heterocycles. The first kappa shape index (κ1) is 19.2. The zero-order valence-electron chi connectivity index (χ0n) is 15.1. The zero-order chi connectivity index (χ0) is 18.1. The summed E-state index contributed by atoms with van der Waals surface area (Å²) in [5.74, 6) is 1.66. The quantitative estimate of drug-likeness (QED) is 0.380. The number of H-pyrrole nitrogens is 1. The highest BCUT2D eigenvalue weighted by atomic mass is 32.2. The van der Waals surface area contributed by atoms with Gasteiger partial charge in [-0.1, -0.05) is 18.2 Å².